The molecule has 3 rings (SSSR count). The molecule has 5 nitrogen and oxygen atoms in total. The minimum absolute atomic E-state index is 0.0806. The number of hydrogen-bond acceptors (Lipinski definition) is 5. The van der Waals surface area contributed by atoms with Crippen molar-refractivity contribution in [3.05, 3.63) is 60.0 Å². The number of hydrogen-bond donors (Lipinski definition) is 0. The predicted molar refractivity (Wildman–Crippen MR) is 80.5 cm³/mol. The van der Waals surface area contributed by atoms with E-state index in [1.165, 1.54) is 0 Å². The molecule has 2 aromatic carbocycles. The molecule has 1 aromatic heterocycles. The maximum absolute atomic E-state index is 11.7. The molecule has 0 aliphatic carbocycles. The molecule has 5 heteroatoms. The second-order valence-corrected chi connectivity index (χ2v) is 4.89. The van der Waals surface area contributed by atoms with Gasteiger partial charge >= 0.3 is 5.97 Å². The van der Waals surface area contributed by atoms with Crippen LogP contribution in [0.15, 0.2) is 53.1 Å². The summed E-state index contributed by atoms with van der Waals surface area (Å²) >= 11 is 0. The Labute approximate surface area is 127 Å². The highest BCUT2D eigenvalue weighted by molar-refractivity contribution is 5.83. The van der Waals surface area contributed by atoms with Gasteiger partial charge in [-0.25, -0.2) is 4.79 Å². The first-order chi connectivity index (χ1) is 10.7. The van der Waals surface area contributed by atoms with Crippen LogP contribution in [0.25, 0.3) is 10.8 Å². The molecule has 112 valence electrons. The summed E-state index contributed by atoms with van der Waals surface area (Å²) in [6.07, 6.45) is 0. The summed E-state index contributed by atoms with van der Waals surface area (Å²) in [6, 6.07) is 15.3. The maximum Gasteiger partial charge on any atom is 0.344 e. The SMILES string of the molecule is Cc1cc(COC(=O)COc2ccc3ccccc3c2)no1. The van der Waals surface area contributed by atoms with Crippen LogP contribution in [0.4, 0.5) is 0 Å². The fraction of sp³-hybridized carbons (Fsp3) is 0.176. The van der Waals surface area contributed by atoms with E-state index in [1.54, 1.807) is 13.0 Å². The molecule has 0 aliphatic rings. The van der Waals surface area contributed by atoms with Crippen LogP contribution in [0.5, 0.6) is 5.75 Å². The van der Waals surface area contributed by atoms with E-state index in [9.17, 15) is 4.79 Å². The van der Waals surface area contributed by atoms with Crippen molar-refractivity contribution < 1.29 is 18.8 Å². The van der Waals surface area contributed by atoms with Gasteiger partial charge in [-0.3, -0.25) is 0 Å². The summed E-state index contributed by atoms with van der Waals surface area (Å²) in [5.41, 5.74) is 0.580. The van der Waals surface area contributed by atoms with E-state index in [2.05, 4.69) is 5.16 Å². The highest BCUT2D eigenvalue weighted by Crippen LogP contribution is 2.20. The number of aromatic nitrogens is 1. The molecule has 3 aromatic rings. The average molecular weight is 297 g/mol. The number of nitrogens with zero attached hydrogens (tertiary/aromatic N) is 1. The molecule has 0 amide bonds. The Morgan fingerprint density at radius 1 is 1.14 bits per heavy atom. The zero-order valence-electron chi connectivity index (χ0n) is 12.1. The Morgan fingerprint density at radius 2 is 1.95 bits per heavy atom. The van der Waals surface area contributed by atoms with Crippen molar-refractivity contribution in [3.8, 4) is 5.75 Å². The fourth-order valence-electron chi connectivity index (χ4n) is 2.08. The van der Waals surface area contributed by atoms with Crippen molar-refractivity contribution in [3.63, 3.8) is 0 Å². The first kappa shape index (κ1) is 14.1. The fourth-order valence-corrected chi connectivity index (χ4v) is 2.08. The van der Waals surface area contributed by atoms with E-state index >= 15 is 0 Å². The van der Waals surface area contributed by atoms with Crippen LogP contribution in [0.2, 0.25) is 0 Å². The van der Waals surface area contributed by atoms with Crippen LogP contribution in [0.3, 0.4) is 0 Å². The topological polar surface area (TPSA) is 61.6 Å². The molecule has 0 N–H and O–H groups in total. The van der Waals surface area contributed by atoms with E-state index < -0.39 is 5.97 Å². The van der Waals surface area contributed by atoms with Gasteiger partial charge in [-0.15, -0.1) is 0 Å². The summed E-state index contributed by atoms with van der Waals surface area (Å²) in [6.45, 7) is 1.72. The van der Waals surface area contributed by atoms with Gasteiger partial charge in [0.15, 0.2) is 6.61 Å². The summed E-state index contributed by atoms with van der Waals surface area (Å²) < 4.78 is 15.4. The predicted octanol–water partition coefficient (Wildman–Crippen LogP) is 3.26. The summed E-state index contributed by atoms with van der Waals surface area (Å²) in [5, 5.41) is 5.93. The molecule has 0 radical (unpaired) electrons. The largest absolute Gasteiger partial charge is 0.482 e. The minimum atomic E-state index is -0.450. The highest BCUT2D eigenvalue weighted by Gasteiger charge is 2.07. The van der Waals surface area contributed by atoms with Crippen molar-refractivity contribution in [1.82, 2.24) is 5.16 Å². The van der Waals surface area contributed by atoms with Crippen molar-refractivity contribution >= 4 is 16.7 Å². The number of esters is 1. The number of benzene rings is 2. The molecular formula is C17H15NO4. The lowest BCUT2D eigenvalue weighted by molar-refractivity contribution is -0.147. The Morgan fingerprint density at radius 3 is 2.73 bits per heavy atom. The molecule has 0 unspecified atom stereocenters. The smallest absolute Gasteiger partial charge is 0.344 e. The second-order valence-electron chi connectivity index (χ2n) is 4.89. The normalized spacial score (nSPS) is 10.6. The van der Waals surface area contributed by atoms with Crippen LogP contribution in [-0.4, -0.2) is 17.7 Å². The van der Waals surface area contributed by atoms with E-state index in [-0.39, 0.29) is 13.2 Å². The molecule has 1 heterocycles. The van der Waals surface area contributed by atoms with Gasteiger partial charge < -0.3 is 14.0 Å². The Kier molecular flexibility index (Phi) is 4.05. The third-order valence-corrected chi connectivity index (χ3v) is 3.14. The molecule has 0 fully saturated rings. The molecule has 0 saturated carbocycles. The van der Waals surface area contributed by atoms with E-state index in [0.29, 0.717) is 17.2 Å². The number of rotatable bonds is 5. The maximum atomic E-state index is 11.7. The van der Waals surface area contributed by atoms with E-state index in [1.807, 2.05) is 42.5 Å². The lowest BCUT2D eigenvalue weighted by Crippen LogP contribution is -2.14. The Hall–Kier alpha value is -2.82. The van der Waals surface area contributed by atoms with Gasteiger partial charge in [0.2, 0.25) is 0 Å². The number of carbonyl (C=O) groups is 1. The standard InChI is InChI=1S/C17H15NO4/c1-12-8-15(18-22-12)10-21-17(19)11-20-16-7-6-13-4-2-3-5-14(13)9-16/h2-9H,10-11H2,1H3. The van der Waals surface area contributed by atoms with Gasteiger partial charge in [-0.05, 0) is 29.8 Å². The summed E-state index contributed by atoms with van der Waals surface area (Å²) in [7, 11) is 0. The molecule has 22 heavy (non-hydrogen) atoms. The number of ether oxygens (including phenoxy) is 2. The Balaban J connectivity index is 1.53. The van der Waals surface area contributed by atoms with Crippen molar-refractivity contribution in [2.45, 2.75) is 13.5 Å². The number of fused-ring (bicyclic) bond motifs is 1. The van der Waals surface area contributed by atoms with Gasteiger partial charge in [0.1, 0.15) is 23.8 Å². The van der Waals surface area contributed by atoms with E-state index in [0.717, 1.165) is 10.8 Å². The highest BCUT2D eigenvalue weighted by atomic mass is 16.6. The number of aryl methyl sites for hydroxylation is 1. The third kappa shape index (κ3) is 3.44. The van der Waals surface area contributed by atoms with Crippen LogP contribution >= 0.6 is 0 Å². The van der Waals surface area contributed by atoms with Crippen molar-refractivity contribution in [2.24, 2.45) is 0 Å². The van der Waals surface area contributed by atoms with Crippen LogP contribution < -0.4 is 4.74 Å². The minimum Gasteiger partial charge on any atom is -0.482 e. The molecular weight excluding hydrogens is 282 g/mol. The first-order valence-electron chi connectivity index (χ1n) is 6.90. The van der Waals surface area contributed by atoms with Crippen LogP contribution in [0.1, 0.15) is 11.5 Å². The first-order valence-corrected chi connectivity index (χ1v) is 6.90. The summed E-state index contributed by atoms with van der Waals surface area (Å²) in [5.74, 6) is 0.861. The lowest BCUT2D eigenvalue weighted by atomic mass is 10.1. The summed E-state index contributed by atoms with van der Waals surface area (Å²) in [4.78, 5) is 11.7. The van der Waals surface area contributed by atoms with Gasteiger partial charge in [0.05, 0.1) is 0 Å². The molecule has 0 atom stereocenters. The number of carbonyl (C=O) groups excluding carboxylic acids is 1. The van der Waals surface area contributed by atoms with Crippen molar-refractivity contribution in [2.75, 3.05) is 6.61 Å². The Bertz CT molecular complexity index is 794. The van der Waals surface area contributed by atoms with E-state index in [4.69, 9.17) is 14.0 Å². The van der Waals surface area contributed by atoms with Gasteiger partial charge in [0, 0.05) is 6.07 Å². The molecule has 0 aliphatic heterocycles. The monoisotopic (exact) mass is 297 g/mol. The lowest BCUT2D eigenvalue weighted by Gasteiger charge is -2.07. The molecule has 0 bridgehead atoms. The average Bonchev–Trinajstić information content (AvgIpc) is 2.96. The molecule has 0 spiro atoms. The van der Waals surface area contributed by atoms with Gasteiger partial charge in [-0.2, -0.15) is 0 Å². The van der Waals surface area contributed by atoms with Crippen LogP contribution in [0, 0.1) is 6.92 Å². The zero-order valence-corrected chi connectivity index (χ0v) is 12.1. The van der Waals surface area contributed by atoms with Gasteiger partial charge in [0.25, 0.3) is 0 Å². The third-order valence-electron chi connectivity index (χ3n) is 3.14. The second kappa shape index (κ2) is 6.30. The van der Waals surface area contributed by atoms with Gasteiger partial charge in [-0.1, -0.05) is 35.5 Å². The zero-order chi connectivity index (χ0) is 15.4. The van der Waals surface area contributed by atoms with Crippen molar-refractivity contribution in [1.29, 1.82) is 0 Å². The molecule has 0 saturated heterocycles. The van der Waals surface area contributed by atoms with Crippen LogP contribution in [-0.2, 0) is 16.1 Å². The quantitative estimate of drug-likeness (QED) is 0.676.